The maximum Gasteiger partial charge on any atom is 0.320 e. The number of carbonyl (C=O) groups excluding carboxylic acids is 2. The molecule has 0 saturated carbocycles. The summed E-state index contributed by atoms with van der Waals surface area (Å²) in [6, 6.07) is 5.09. The van der Waals surface area contributed by atoms with Gasteiger partial charge in [0.2, 0.25) is 0 Å². The number of hydrogen-bond acceptors (Lipinski definition) is 6. The van der Waals surface area contributed by atoms with Crippen molar-refractivity contribution < 1.29 is 19.1 Å². The maximum atomic E-state index is 11.7. The van der Waals surface area contributed by atoms with Crippen LogP contribution in [-0.2, 0) is 32.0 Å². The van der Waals surface area contributed by atoms with E-state index in [-0.39, 0.29) is 24.9 Å². The molecule has 0 bridgehead atoms. The van der Waals surface area contributed by atoms with E-state index in [0.29, 0.717) is 17.8 Å². The largest absolute Gasteiger partial charge is 0.469 e. The average Bonchev–Trinajstić information content (AvgIpc) is 2.45. The van der Waals surface area contributed by atoms with Crippen LogP contribution in [0.1, 0.15) is 31.9 Å². The number of esters is 2. The molecule has 24 heavy (non-hydrogen) atoms. The Morgan fingerprint density at radius 1 is 1.21 bits per heavy atom. The van der Waals surface area contributed by atoms with E-state index in [0.717, 1.165) is 5.56 Å². The van der Waals surface area contributed by atoms with Gasteiger partial charge < -0.3 is 14.8 Å². The van der Waals surface area contributed by atoms with E-state index < -0.39 is 5.60 Å². The van der Waals surface area contributed by atoms with Gasteiger partial charge in [-0.1, -0.05) is 11.2 Å². The second-order valence-electron chi connectivity index (χ2n) is 6.14. The van der Waals surface area contributed by atoms with Crippen molar-refractivity contribution in [2.75, 3.05) is 13.7 Å². The number of nitrogens with one attached hydrogen (secondary N) is 1. The lowest BCUT2D eigenvalue weighted by atomic mass is 10.1. The Balaban J connectivity index is 2.74. The van der Waals surface area contributed by atoms with Crippen LogP contribution in [0.25, 0.3) is 10.4 Å². The number of rotatable bonds is 7. The summed E-state index contributed by atoms with van der Waals surface area (Å²) in [5, 5.41) is 6.52. The Labute approximate surface area is 140 Å². The standard InChI is InChI=1S/C16H22N4O4/c1-16(2,3)24-15(22)10-18-9-12-5-11(8-14(21)23-4)6-13(7-12)19-20-17/h5-7,18H,8-10H2,1-4H3. The minimum Gasteiger partial charge on any atom is -0.469 e. The summed E-state index contributed by atoms with van der Waals surface area (Å²) >= 11 is 0. The third-order valence-corrected chi connectivity index (χ3v) is 2.79. The molecule has 0 aliphatic carbocycles. The van der Waals surface area contributed by atoms with Gasteiger partial charge in [-0.05, 0) is 49.6 Å². The molecule has 0 saturated heterocycles. The van der Waals surface area contributed by atoms with Crippen molar-refractivity contribution in [3.63, 3.8) is 0 Å². The molecule has 8 heteroatoms. The first-order valence-corrected chi connectivity index (χ1v) is 7.41. The zero-order valence-electron chi connectivity index (χ0n) is 14.3. The van der Waals surface area contributed by atoms with Crippen molar-refractivity contribution in [2.24, 2.45) is 5.11 Å². The number of nitrogens with zero attached hydrogens (tertiary/aromatic N) is 3. The first-order valence-electron chi connectivity index (χ1n) is 7.41. The van der Waals surface area contributed by atoms with Crippen molar-refractivity contribution in [1.29, 1.82) is 0 Å². The van der Waals surface area contributed by atoms with Crippen molar-refractivity contribution in [2.45, 2.75) is 39.3 Å². The third kappa shape index (κ3) is 7.62. The number of benzene rings is 1. The quantitative estimate of drug-likeness (QED) is 0.356. The van der Waals surface area contributed by atoms with E-state index >= 15 is 0 Å². The number of ether oxygens (including phenoxy) is 2. The molecule has 130 valence electrons. The zero-order valence-corrected chi connectivity index (χ0v) is 14.3. The minimum absolute atomic E-state index is 0.0509. The molecule has 1 rings (SSSR count). The van der Waals surface area contributed by atoms with Gasteiger partial charge >= 0.3 is 11.9 Å². The molecule has 0 aliphatic heterocycles. The van der Waals surface area contributed by atoms with E-state index in [4.69, 9.17) is 10.3 Å². The molecule has 0 spiro atoms. The predicted octanol–water partition coefficient (Wildman–Crippen LogP) is 2.78. The fourth-order valence-electron chi connectivity index (χ4n) is 1.98. The van der Waals surface area contributed by atoms with Gasteiger partial charge in [-0.3, -0.25) is 9.59 Å². The van der Waals surface area contributed by atoms with Crippen molar-refractivity contribution in [3.8, 4) is 0 Å². The lowest BCUT2D eigenvalue weighted by molar-refractivity contribution is -0.153. The van der Waals surface area contributed by atoms with E-state index in [9.17, 15) is 9.59 Å². The van der Waals surface area contributed by atoms with E-state index in [1.807, 2.05) is 0 Å². The maximum absolute atomic E-state index is 11.7. The van der Waals surface area contributed by atoms with Crippen LogP contribution in [0.3, 0.4) is 0 Å². The van der Waals surface area contributed by atoms with Crippen molar-refractivity contribution in [1.82, 2.24) is 5.32 Å². The molecule has 0 aliphatic rings. The minimum atomic E-state index is -0.534. The summed E-state index contributed by atoms with van der Waals surface area (Å²) in [5.41, 5.74) is 9.89. The first kappa shape index (κ1) is 19.5. The van der Waals surface area contributed by atoms with Gasteiger partial charge in [-0.2, -0.15) is 0 Å². The van der Waals surface area contributed by atoms with Gasteiger partial charge in [0, 0.05) is 17.1 Å². The van der Waals surface area contributed by atoms with Crippen LogP contribution in [0.15, 0.2) is 23.3 Å². The van der Waals surface area contributed by atoms with E-state index in [1.54, 1.807) is 39.0 Å². The molecule has 0 aromatic heterocycles. The second kappa shape index (κ2) is 8.90. The second-order valence-corrected chi connectivity index (χ2v) is 6.14. The number of azide groups is 1. The Morgan fingerprint density at radius 3 is 2.46 bits per heavy atom. The SMILES string of the molecule is COC(=O)Cc1cc(CNCC(=O)OC(C)(C)C)cc(N=[N+]=[N-])c1. The first-order chi connectivity index (χ1) is 11.2. The molecule has 1 N–H and O–H groups in total. The molecule has 8 nitrogen and oxygen atoms in total. The average molecular weight is 334 g/mol. The fraction of sp³-hybridized carbons (Fsp3) is 0.500. The van der Waals surface area contributed by atoms with Crippen LogP contribution >= 0.6 is 0 Å². The van der Waals surface area contributed by atoms with Crippen LogP contribution in [-0.4, -0.2) is 31.2 Å². The Hall–Kier alpha value is -2.57. The molecule has 1 aromatic rings. The summed E-state index contributed by atoms with van der Waals surface area (Å²) < 4.78 is 9.83. The van der Waals surface area contributed by atoms with E-state index in [1.165, 1.54) is 7.11 Å². The van der Waals surface area contributed by atoms with Crippen molar-refractivity contribution in [3.05, 3.63) is 39.8 Å². The lowest BCUT2D eigenvalue weighted by Crippen LogP contribution is -2.31. The predicted molar refractivity (Wildman–Crippen MR) is 88.5 cm³/mol. The zero-order chi connectivity index (χ0) is 18.2. The van der Waals surface area contributed by atoms with Gasteiger partial charge in [0.1, 0.15) is 5.60 Å². The van der Waals surface area contributed by atoms with Crippen molar-refractivity contribution >= 4 is 17.6 Å². The highest BCUT2D eigenvalue weighted by Crippen LogP contribution is 2.19. The summed E-state index contributed by atoms with van der Waals surface area (Å²) in [6.07, 6.45) is 0.0738. The van der Waals surface area contributed by atoms with Gasteiger partial charge in [0.15, 0.2) is 0 Å². The molecule has 0 unspecified atom stereocenters. The normalized spacial score (nSPS) is 10.7. The summed E-state index contributed by atoms with van der Waals surface area (Å²) in [4.78, 5) is 25.8. The lowest BCUT2D eigenvalue weighted by Gasteiger charge is -2.19. The Morgan fingerprint density at radius 2 is 1.88 bits per heavy atom. The van der Waals surface area contributed by atoms with E-state index in [2.05, 4.69) is 20.1 Å². The van der Waals surface area contributed by atoms with Crippen LogP contribution in [0.5, 0.6) is 0 Å². The topological polar surface area (TPSA) is 113 Å². The van der Waals surface area contributed by atoms with Gasteiger partial charge in [-0.25, -0.2) is 0 Å². The summed E-state index contributed by atoms with van der Waals surface area (Å²) in [5.74, 6) is -0.746. The molecule has 0 heterocycles. The van der Waals surface area contributed by atoms with Gasteiger partial charge in [-0.15, -0.1) is 0 Å². The highest BCUT2D eigenvalue weighted by atomic mass is 16.6. The van der Waals surface area contributed by atoms with Gasteiger partial charge in [0.05, 0.1) is 20.1 Å². The Bertz CT molecular complexity index is 646. The molecular formula is C16H22N4O4. The van der Waals surface area contributed by atoms with Crippen LogP contribution in [0.4, 0.5) is 5.69 Å². The summed E-state index contributed by atoms with van der Waals surface area (Å²) in [7, 11) is 1.31. The van der Waals surface area contributed by atoms with Crippen LogP contribution in [0.2, 0.25) is 0 Å². The smallest absolute Gasteiger partial charge is 0.320 e. The third-order valence-electron chi connectivity index (χ3n) is 2.79. The molecule has 0 radical (unpaired) electrons. The fourth-order valence-corrected chi connectivity index (χ4v) is 1.98. The van der Waals surface area contributed by atoms with Crippen LogP contribution in [0, 0.1) is 0 Å². The van der Waals surface area contributed by atoms with Gasteiger partial charge in [0.25, 0.3) is 0 Å². The molecule has 1 aromatic carbocycles. The van der Waals surface area contributed by atoms with Crippen LogP contribution < -0.4 is 5.32 Å². The molecule has 0 fully saturated rings. The number of hydrogen-bond donors (Lipinski definition) is 1. The number of carbonyl (C=O) groups is 2. The highest BCUT2D eigenvalue weighted by molar-refractivity contribution is 5.73. The monoisotopic (exact) mass is 334 g/mol. The molecular weight excluding hydrogens is 312 g/mol. The summed E-state index contributed by atoms with van der Waals surface area (Å²) in [6.45, 7) is 5.81. The molecule has 0 atom stereocenters. The highest BCUT2D eigenvalue weighted by Gasteiger charge is 2.15. The molecule has 0 amide bonds. The Kier molecular flexibility index (Phi) is 7.23. The number of methoxy groups -OCH3 is 1.